The first-order valence-corrected chi connectivity index (χ1v) is 5.61. The van der Waals surface area contributed by atoms with Crippen molar-refractivity contribution in [3.05, 3.63) is 22.4 Å². The van der Waals surface area contributed by atoms with Crippen LogP contribution in [0.1, 0.15) is 23.8 Å². The fourth-order valence-electron chi connectivity index (χ4n) is 1.16. The van der Waals surface area contributed by atoms with Crippen LogP contribution in [-0.4, -0.2) is 12.6 Å². The largest absolute Gasteiger partial charge is 0.464 e. The summed E-state index contributed by atoms with van der Waals surface area (Å²) in [6.45, 7) is 0.540. The summed E-state index contributed by atoms with van der Waals surface area (Å²) in [6, 6.07) is 3.13. The normalized spacial score (nSPS) is 17.8. The predicted octanol–water partition coefficient (Wildman–Crippen LogP) is 1.70. The van der Waals surface area contributed by atoms with Crippen molar-refractivity contribution in [1.29, 1.82) is 0 Å². The third-order valence-electron chi connectivity index (χ3n) is 2.26. The van der Waals surface area contributed by atoms with Crippen LogP contribution in [0.3, 0.4) is 0 Å². The van der Waals surface area contributed by atoms with Gasteiger partial charge in [0.1, 0.15) is 6.04 Å². The Balaban J connectivity index is 1.84. The Labute approximate surface area is 86.9 Å². The van der Waals surface area contributed by atoms with Crippen LogP contribution in [0.4, 0.5) is 0 Å². The molecule has 1 aromatic rings. The lowest BCUT2D eigenvalue weighted by Gasteiger charge is -2.08. The number of esters is 1. The maximum atomic E-state index is 11.4. The van der Waals surface area contributed by atoms with E-state index in [1.807, 2.05) is 17.5 Å². The Hall–Kier alpha value is -0.870. The molecule has 4 heteroatoms. The zero-order chi connectivity index (χ0) is 9.97. The van der Waals surface area contributed by atoms with Gasteiger partial charge in [-0.2, -0.15) is 0 Å². The average Bonchev–Trinajstić information content (AvgIpc) is 2.86. The molecule has 14 heavy (non-hydrogen) atoms. The van der Waals surface area contributed by atoms with Crippen molar-refractivity contribution in [1.82, 2.24) is 0 Å². The van der Waals surface area contributed by atoms with Crippen molar-refractivity contribution in [2.75, 3.05) is 6.61 Å². The molecule has 2 rings (SSSR count). The summed E-state index contributed by atoms with van der Waals surface area (Å²) in [5.41, 5.74) is 5.73. The highest BCUT2D eigenvalue weighted by Crippen LogP contribution is 2.29. The minimum absolute atomic E-state index is 0.306. The van der Waals surface area contributed by atoms with Gasteiger partial charge in [0, 0.05) is 4.88 Å². The third kappa shape index (κ3) is 2.33. The molecule has 1 saturated carbocycles. The highest BCUT2D eigenvalue weighted by atomic mass is 32.1. The first-order valence-electron chi connectivity index (χ1n) is 4.73. The SMILES string of the molecule is NC(C(=O)OCC1CC1)c1cccs1. The number of carbonyl (C=O) groups excluding carboxylic acids is 1. The van der Waals surface area contributed by atoms with E-state index in [0.717, 1.165) is 4.88 Å². The van der Waals surface area contributed by atoms with Gasteiger partial charge in [0.25, 0.3) is 0 Å². The first-order chi connectivity index (χ1) is 6.77. The lowest BCUT2D eigenvalue weighted by molar-refractivity contribution is -0.145. The topological polar surface area (TPSA) is 52.3 Å². The first kappa shape index (κ1) is 9.68. The van der Waals surface area contributed by atoms with E-state index in [4.69, 9.17) is 10.5 Å². The maximum absolute atomic E-state index is 11.4. The molecule has 0 aromatic carbocycles. The summed E-state index contributed by atoms with van der Waals surface area (Å²) >= 11 is 1.48. The van der Waals surface area contributed by atoms with Crippen molar-refractivity contribution >= 4 is 17.3 Å². The monoisotopic (exact) mass is 211 g/mol. The zero-order valence-electron chi connectivity index (χ0n) is 7.81. The van der Waals surface area contributed by atoms with E-state index < -0.39 is 6.04 Å². The minimum atomic E-state index is -0.603. The highest BCUT2D eigenvalue weighted by molar-refractivity contribution is 7.10. The van der Waals surface area contributed by atoms with Crippen LogP contribution in [-0.2, 0) is 9.53 Å². The molecule has 1 aliphatic rings. The standard InChI is InChI=1S/C10H13NO2S/c11-9(8-2-1-5-14-8)10(12)13-6-7-3-4-7/h1-2,5,7,9H,3-4,6,11H2. The van der Waals surface area contributed by atoms with Gasteiger partial charge in [-0.15, -0.1) is 11.3 Å². The molecular formula is C10H13NO2S. The van der Waals surface area contributed by atoms with Crippen molar-refractivity contribution in [2.24, 2.45) is 11.7 Å². The van der Waals surface area contributed by atoms with Gasteiger partial charge in [-0.25, -0.2) is 4.79 Å². The van der Waals surface area contributed by atoms with Crippen LogP contribution in [0.2, 0.25) is 0 Å². The van der Waals surface area contributed by atoms with Gasteiger partial charge in [-0.05, 0) is 30.2 Å². The average molecular weight is 211 g/mol. The molecule has 0 bridgehead atoms. The van der Waals surface area contributed by atoms with Gasteiger partial charge in [-0.1, -0.05) is 6.07 Å². The zero-order valence-corrected chi connectivity index (χ0v) is 8.63. The molecule has 0 aliphatic heterocycles. The van der Waals surface area contributed by atoms with Gasteiger partial charge in [0.05, 0.1) is 6.61 Å². The molecule has 1 aromatic heterocycles. The number of carbonyl (C=O) groups is 1. The fourth-order valence-corrected chi connectivity index (χ4v) is 1.87. The van der Waals surface area contributed by atoms with Crippen molar-refractivity contribution in [3.8, 4) is 0 Å². The molecule has 2 N–H and O–H groups in total. The fraction of sp³-hybridized carbons (Fsp3) is 0.500. The molecule has 0 radical (unpaired) electrons. The van der Waals surface area contributed by atoms with E-state index >= 15 is 0 Å². The quantitative estimate of drug-likeness (QED) is 0.771. The predicted molar refractivity (Wildman–Crippen MR) is 54.9 cm³/mol. The van der Waals surface area contributed by atoms with Crippen LogP contribution in [0.15, 0.2) is 17.5 Å². The van der Waals surface area contributed by atoms with Crippen LogP contribution in [0, 0.1) is 5.92 Å². The van der Waals surface area contributed by atoms with Gasteiger partial charge in [-0.3, -0.25) is 0 Å². The summed E-state index contributed by atoms with van der Waals surface area (Å²) in [5.74, 6) is 0.286. The van der Waals surface area contributed by atoms with Crippen LogP contribution in [0.5, 0.6) is 0 Å². The molecule has 1 heterocycles. The minimum Gasteiger partial charge on any atom is -0.464 e. The molecular weight excluding hydrogens is 198 g/mol. The third-order valence-corrected chi connectivity index (χ3v) is 3.22. The molecule has 1 aliphatic carbocycles. The number of hydrogen-bond donors (Lipinski definition) is 1. The Bertz CT molecular complexity index is 306. The number of thiophene rings is 1. The summed E-state index contributed by atoms with van der Waals surface area (Å²) in [5, 5.41) is 1.91. The highest BCUT2D eigenvalue weighted by Gasteiger charge is 2.25. The van der Waals surface area contributed by atoms with E-state index in [0.29, 0.717) is 12.5 Å². The van der Waals surface area contributed by atoms with Gasteiger partial charge < -0.3 is 10.5 Å². The number of nitrogens with two attached hydrogens (primary N) is 1. The molecule has 0 spiro atoms. The van der Waals surface area contributed by atoms with Crippen molar-refractivity contribution in [2.45, 2.75) is 18.9 Å². The van der Waals surface area contributed by atoms with E-state index in [9.17, 15) is 4.79 Å². The molecule has 1 fully saturated rings. The van der Waals surface area contributed by atoms with Crippen molar-refractivity contribution < 1.29 is 9.53 Å². The lowest BCUT2D eigenvalue weighted by Crippen LogP contribution is -2.23. The molecule has 1 unspecified atom stereocenters. The van der Waals surface area contributed by atoms with E-state index in [1.165, 1.54) is 24.2 Å². The van der Waals surface area contributed by atoms with Crippen LogP contribution in [0.25, 0.3) is 0 Å². The maximum Gasteiger partial charge on any atom is 0.328 e. The Kier molecular flexibility index (Phi) is 2.84. The van der Waals surface area contributed by atoms with Crippen LogP contribution < -0.4 is 5.73 Å². The van der Waals surface area contributed by atoms with E-state index in [-0.39, 0.29) is 5.97 Å². The molecule has 1 atom stereocenters. The second-order valence-electron chi connectivity index (χ2n) is 3.57. The smallest absolute Gasteiger partial charge is 0.328 e. The Morgan fingerprint density at radius 3 is 3.07 bits per heavy atom. The van der Waals surface area contributed by atoms with Gasteiger partial charge in [0.15, 0.2) is 0 Å². The second-order valence-corrected chi connectivity index (χ2v) is 4.55. The summed E-state index contributed by atoms with van der Waals surface area (Å²) in [7, 11) is 0. The second kappa shape index (κ2) is 4.11. The number of rotatable bonds is 4. The van der Waals surface area contributed by atoms with Crippen molar-refractivity contribution in [3.63, 3.8) is 0 Å². The summed E-state index contributed by atoms with van der Waals surface area (Å²) in [4.78, 5) is 12.3. The van der Waals surface area contributed by atoms with Crippen LogP contribution >= 0.6 is 11.3 Å². The van der Waals surface area contributed by atoms with Gasteiger partial charge >= 0.3 is 5.97 Å². The molecule has 0 amide bonds. The lowest BCUT2D eigenvalue weighted by atomic mass is 10.2. The summed E-state index contributed by atoms with van der Waals surface area (Å²) in [6.07, 6.45) is 2.36. The summed E-state index contributed by atoms with van der Waals surface area (Å²) < 4.78 is 5.09. The Morgan fingerprint density at radius 2 is 2.50 bits per heavy atom. The molecule has 3 nitrogen and oxygen atoms in total. The van der Waals surface area contributed by atoms with E-state index in [1.54, 1.807) is 0 Å². The number of ether oxygens (including phenoxy) is 1. The molecule has 0 saturated heterocycles. The Morgan fingerprint density at radius 1 is 1.71 bits per heavy atom. The number of hydrogen-bond acceptors (Lipinski definition) is 4. The molecule has 76 valence electrons. The van der Waals surface area contributed by atoms with E-state index in [2.05, 4.69) is 0 Å². The van der Waals surface area contributed by atoms with Gasteiger partial charge in [0.2, 0.25) is 0 Å².